The Morgan fingerprint density at radius 3 is 1.29 bits per heavy atom. The second kappa shape index (κ2) is 10.6. The number of halogens is 5. The summed E-state index contributed by atoms with van der Waals surface area (Å²) in [6, 6.07) is 0. The van der Waals surface area contributed by atoms with Crippen LogP contribution in [0.3, 0.4) is 0 Å². The van der Waals surface area contributed by atoms with E-state index in [0.717, 1.165) is 0 Å². The Labute approximate surface area is 71.2 Å². The number of hydrogen-bond donors (Lipinski definition) is 0. The summed E-state index contributed by atoms with van der Waals surface area (Å²) in [5.41, 5.74) is 0. The number of rotatable bonds is 0. The predicted octanol–water partition coefficient (Wildman–Crippen LogP) is 3.56. The van der Waals surface area contributed by atoms with Gasteiger partial charge in [-0.15, -0.1) is 23.2 Å². The van der Waals surface area contributed by atoms with Crippen LogP contribution in [0.5, 0.6) is 0 Å². The topological polar surface area (TPSA) is 0 Å². The number of alkyl halides is 5. The maximum Gasteiger partial charge on any atom is 0.162 e. The first-order valence-corrected chi connectivity index (χ1v) is 4.05. The molecule has 0 heterocycles. The molecule has 0 aliphatic rings. The third kappa shape index (κ3) is 90.4. The maximum absolute atomic E-state index is 4.96. The van der Waals surface area contributed by atoms with Gasteiger partial charge in [0.15, 0.2) is 3.75 Å². The highest BCUT2D eigenvalue weighted by Gasteiger charge is 1.78. The fourth-order valence-corrected chi connectivity index (χ4v) is 0. The zero-order valence-corrected chi connectivity index (χ0v) is 7.78. The number of hydrogen-bond acceptors (Lipinski definition) is 0. The van der Waals surface area contributed by atoms with Crippen LogP contribution in [0.4, 0.5) is 0 Å². The Bertz CT molecular complexity index is 20.9. The minimum atomic E-state index is -0.410. The van der Waals surface area contributed by atoms with Gasteiger partial charge >= 0.3 is 0 Å². The molecule has 0 aliphatic heterocycles. The second-order valence-corrected chi connectivity index (χ2v) is 4.22. The zero-order valence-electron chi connectivity index (χ0n) is 3.17. The van der Waals surface area contributed by atoms with Crippen LogP contribution in [0, 0.1) is 0 Å². The molecule has 0 spiro atoms. The van der Waals surface area contributed by atoms with Crippen molar-refractivity contribution < 1.29 is 0 Å². The van der Waals surface area contributed by atoms with Gasteiger partial charge < -0.3 is 0 Å². The molecule has 0 bridgehead atoms. The van der Waals surface area contributed by atoms with E-state index in [1.54, 1.807) is 0 Å². The minimum absolute atomic E-state index is 0.194. The molecule has 5 heteroatoms. The van der Waals surface area contributed by atoms with Crippen LogP contribution in [0.25, 0.3) is 0 Å². The lowest BCUT2D eigenvalue weighted by Crippen LogP contribution is -1.53. The van der Waals surface area contributed by atoms with Crippen LogP contribution < -0.4 is 0 Å². The van der Waals surface area contributed by atoms with E-state index < -0.39 is 3.75 Å². The van der Waals surface area contributed by atoms with Gasteiger partial charge in [-0.2, -0.15) is 0 Å². The summed E-state index contributed by atoms with van der Waals surface area (Å²) in [4.78, 5) is 0. The Morgan fingerprint density at radius 1 is 1.29 bits per heavy atom. The normalized spacial score (nSPS) is 7.71. The fourth-order valence-electron chi connectivity index (χ4n) is 0. The lowest BCUT2D eigenvalue weighted by atomic mass is 11.9. The molecular weight excluding hydrogens is 246 g/mol. The average Bonchev–Trinajstić information content (AvgIpc) is 1.33. The van der Waals surface area contributed by atoms with Crippen molar-refractivity contribution in [3.8, 4) is 0 Å². The summed E-state index contributed by atoms with van der Waals surface area (Å²) < 4.78 is -0.410. The standard InChI is InChI=1S/CHBrCl2.CH2Cl2/c2-1(3)4;2-1-3/h1H;1H2. The van der Waals surface area contributed by atoms with Gasteiger partial charge in [0.05, 0.1) is 5.34 Å². The molecule has 0 aromatic carbocycles. The molecule has 0 unspecified atom stereocenters. The molecule has 0 rings (SSSR count). The minimum Gasteiger partial charge on any atom is -0.109 e. The third-order valence-corrected chi connectivity index (χ3v) is 0. The Morgan fingerprint density at radius 2 is 1.29 bits per heavy atom. The van der Waals surface area contributed by atoms with Crippen molar-refractivity contribution in [3.05, 3.63) is 0 Å². The van der Waals surface area contributed by atoms with Crippen molar-refractivity contribution in [2.24, 2.45) is 0 Å². The van der Waals surface area contributed by atoms with E-state index >= 15 is 0 Å². The first-order chi connectivity index (χ1) is 3.15. The van der Waals surface area contributed by atoms with E-state index in [2.05, 4.69) is 15.9 Å². The molecular formula is C2H3BrCl4. The molecule has 0 saturated heterocycles. The summed E-state index contributed by atoms with van der Waals surface area (Å²) in [6.07, 6.45) is 0. The highest BCUT2D eigenvalue weighted by atomic mass is 79.9. The molecule has 0 aliphatic carbocycles. The zero-order chi connectivity index (χ0) is 6.28. The molecule has 0 saturated carbocycles. The van der Waals surface area contributed by atoms with Gasteiger partial charge in [0.25, 0.3) is 0 Å². The molecule has 0 aromatic rings. The van der Waals surface area contributed by atoms with Gasteiger partial charge in [-0.1, -0.05) is 39.1 Å². The summed E-state index contributed by atoms with van der Waals surface area (Å²) in [5, 5.41) is 0.194. The first-order valence-electron chi connectivity index (χ1n) is 1.19. The van der Waals surface area contributed by atoms with E-state index in [4.69, 9.17) is 46.4 Å². The van der Waals surface area contributed by atoms with Crippen LogP contribution in [0.2, 0.25) is 0 Å². The smallest absolute Gasteiger partial charge is 0.109 e. The van der Waals surface area contributed by atoms with E-state index in [-0.39, 0.29) is 5.34 Å². The van der Waals surface area contributed by atoms with E-state index in [0.29, 0.717) is 0 Å². The SMILES string of the molecule is ClC(Cl)Br.ClCCl. The molecule has 46 valence electrons. The molecule has 0 radical (unpaired) electrons. The first kappa shape index (κ1) is 11.4. The van der Waals surface area contributed by atoms with Crippen molar-refractivity contribution in [2.45, 2.75) is 3.75 Å². The van der Waals surface area contributed by atoms with Crippen LogP contribution in [-0.2, 0) is 0 Å². The quantitative estimate of drug-likeness (QED) is 0.575. The van der Waals surface area contributed by atoms with Crippen LogP contribution in [0.1, 0.15) is 0 Å². The molecule has 0 atom stereocenters. The van der Waals surface area contributed by atoms with Gasteiger partial charge in [-0.3, -0.25) is 0 Å². The highest BCUT2D eigenvalue weighted by Crippen LogP contribution is 2.07. The summed E-state index contributed by atoms with van der Waals surface area (Å²) in [6.45, 7) is 0. The Balaban J connectivity index is 0. The van der Waals surface area contributed by atoms with Gasteiger partial charge in [0.2, 0.25) is 0 Å². The monoisotopic (exact) mass is 246 g/mol. The van der Waals surface area contributed by atoms with Gasteiger partial charge in [-0.05, 0) is 0 Å². The Kier molecular flexibility index (Phi) is 17.3. The molecule has 0 nitrogen and oxygen atoms in total. The van der Waals surface area contributed by atoms with Crippen molar-refractivity contribution in [3.63, 3.8) is 0 Å². The summed E-state index contributed by atoms with van der Waals surface area (Å²) in [7, 11) is 0. The van der Waals surface area contributed by atoms with Gasteiger partial charge in [0, 0.05) is 0 Å². The summed E-state index contributed by atoms with van der Waals surface area (Å²) >= 11 is 22.2. The predicted molar refractivity (Wildman–Crippen MR) is 41.0 cm³/mol. The Hall–Kier alpha value is 1.64. The van der Waals surface area contributed by atoms with E-state index in [1.165, 1.54) is 0 Å². The van der Waals surface area contributed by atoms with Crippen molar-refractivity contribution in [1.82, 2.24) is 0 Å². The van der Waals surface area contributed by atoms with Crippen molar-refractivity contribution >= 4 is 62.3 Å². The lowest BCUT2D eigenvalue weighted by molar-refractivity contribution is 2.06. The molecule has 0 aromatic heterocycles. The fraction of sp³-hybridized carbons (Fsp3) is 1.00. The second-order valence-electron chi connectivity index (χ2n) is 0.348. The highest BCUT2D eigenvalue weighted by molar-refractivity contribution is 9.10. The van der Waals surface area contributed by atoms with E-state index in [1.807, 2.05) is 0 Å². The van der Waals surface area contributed by atoms with E-state index in [9.17, 15) is 0 Å². The van der Waals surface area contributed by atoms with Crippen LogP contribution in [-0.4, -0.2) is 9.08 Å². The molecule has 0 fully saturated rings. The largest absolute Gasteiger partial charge is 0.162 e. The molecule has 0 amide bonds. The molecule has 0 N–H and O–H groups in total. The summed E-state index contributed by atoms with van der Waals surface area (Å²) in [5.74, 6) is 0. The third-order valence-electron chi connectivity index (χ3n) is 0. The average molecular weight is 249 g/mol. The van der Waals surface area contributed by atoms with Gasteiger partial charge in [0.1, 0.15) is 0 Å². The lowest BCUT2D eigenvalue weighted by Gasteiger charge is -1.69. The van der Waals surface area contributed by atoms with Crippen molar-refractivity contribution in [1.29, 1.82) is 0 Å². The van der Waals surface area contributed by atoms with Gasteiger partial charge in [-0.25, -0.2) is 0 Å². The van der Waals surface area contributed by atoms with Crippen LogP contribution >= 0.6 is 62.3 Å². The molecule has 7 heavy (non-hydrogen) atoms. The van der Waals surface area contributed by atoms with Crippen molar-refractivity contribution in [2.75, 3.05) is 5.34 Å². The van der Waals surface area contributed by atoms with Crippen LogP contribution in [0.15, 0.2) is 0 Å². The maximum atomic E-state index is 4.96.